The van der Waals surface area contributed by atoms with Crippen LogP contribution in [0.2, 0.25) is 0 Å². The van der Waals surface area contributed by atoms with E-state index in [1.165, 1.54) is 41.5 Å². The van der Waals surface area contributed by atoms with E-state index in [2.05, 4.69) is 77.6 Å². The molecule has 0 radical (unpaired) electrons. The molecule has 1 aliphatic carbocycles. The fourth-order valence-corrected chi connectivity index (χ4v) is 4.83. The summed E-state index contributed by atoms with van der Waals surface area (Å²) in [5.74, 6) is 0. The molecular weight excluding hydrogens is 370 g/mol. The molecule has 0 bridgehead atoms. The molecule has 2 aromatic rings. The first-order valence-electron chi connectivity index (χ1n) is 11.5. The molecule has 2 fully saturated rings. The van der Waals surface area contributed by atoms with Crippen molar-refractivity contribution in [3.05, 3.63) is 59.7 Å². The van der Waals surface area contributed by atoms with Crippen LogP contribution in [-0.4, -0.2) is 62.2 Å². The molecule has 1 N–H and O–H groups in total. The lowest BCUT2D eigenvalue weighted by Crippen LogP contribution is -2.45. The SMILES string of the molecule is CN[C@H]1CCCC1OCc1ccc(-c2ccc(C(C)N3CCN(C)CC3)cc2)cc1. The van der Waals surface area contributed by atoms with E-state index in [9.17, 15) is 0 Å². The second-order valence-electron chi connectivity index (χ2n) is 9.01. The summed E-state index contributed by atoms with van der Waals surface area (Å²) in [6.07, 6.45) is 4.01. The minimum Gasteiger partial charge on any atom is -0.372 e. The van der Waals surface area contributed by atoms with E-state index in [1.807, 2.05) is 7.05 Å². The standard InChI is InChI=1S/C26H37N3O/c1-20(29-17-15-28(3)16-18-29)22-11-13-24(14-12-22)23-9-7-21(8-10-23)19-30-26-6-4-5-25(26)27-2/h7-14,20,25-27H,4-6,15-19H2,1-3H3/t20?,25-,26?/m0/s1. The maximum absolute atomic E-state index is 6.17. The van der Waals surface area contributed by atoms with E-state index >= 15 is 0 Å². The average Bonchev–Trinajstić information content (AvgIpc) is 3.26. The molecule has 30 heavy (non-hydrogen) atoms. The minimum atomic E-state index is 0.351. The topological polar surface area (TPSA) is 27.7 Å². The van der Waals surface area contributed by atoms with Gasteiger partial charge in [-0.05, 0) is 62.5 Å². The quantitative estimate of drug-likeness (QED) is 0.740. The van der Waals surface area contributed by atoms with Gasteiger partial charge in [0.1, 0.15) is 0 Å². The fraction of sp³-hybridized carbons (Fsp3) is 0.538. The zero-order valence-electron chi connectivity index (χ0n) is 18.8. The molecule has 1 saturated heterocycles. The maximum Gasteiger partial charge on any atom is 0.0732 e. The predicted molar refractivity (Wildman–Crippen MR) is 125 cm³/mol. The van der Waals surface area contributed by atoms with Gasteiger partial charge in [0.25, 0.3) is 0 Å². The highest BCUT2D eigenvalue weighted by molar-refractivity contribution is 5.64. The molecule has 1 saturated carbocycles. The van der Waals surface area contributed by atoms with Gasteiger partial charge in [-0.25, -0.2) is 0 Å². The van der Waals surface area contributed by atoms with E-state index in [-0.39, 0.29) is 0 Å². The van der Waals surface area contributed by atoms with Crippen LogP contribution < -0.4 is 5.32 Å². The van der Waals surface area contributed by atoms with Gasteiger partial charge in [0, 0.05) is 38.3 Å². The molecule has 2 unspecified atom stereocenters. The van der Waals surface area contributed by atoms with E-state index in [0.717, 1.165) is 26.2 Å². The Morgan fingerprint density at radius 1 is 0.933 bits per heavy atom. The summed E-state index contributed by atoms with van der Waals surface area (Å²) >= 11 is 0. The molecule has 162 valence electrons. The summed E-state index contributed by atoms with van der Waals surface area (Å²) in [4.78, 5) is 5.00. The predicted octanol–water partition coefficient (Wildman–Crippen LogP) is 4.32. The van der Waals surface area contributed by atoms with Gasteiger partial charge in [0.15, 0.2) is 0 Å². The Morgan fingerprint density at radius 3 is 2.20 bits per heavy atom. The molecule has 4 nitrogen and oxygen atoms in total. The summed E-state index contributed by atoms with van der Waals surface area (Å²) in [5, 5.41) is 3.39. The molecule has 4 rings (SSSR count). The van der Waals surface area contributed by atoms with Crippen LogP contribution in [0.5, 0.6) is 0 Å². The van der Waals surface area contributed by atoms with Crippen molar-refractivity contribution in [2.45, 2.75) is 51.0 Å². The molecule has 1 heterocycles. The summed E-state index contributed by atoms with van der Waals surface area (Å²) in [7, 11) is 4.25. The van der Waals surface area contributed by atoms with Crippen LogP contribution >= 0.6 is 0 Å². The number of hydrogen-bond acceptors (Lipinski definition) is 4. The number of nitrogens with zero attached hydrogens (tertiary/aromatic N) is 2. The van der Waals surface area contributed by atoms with Crippen LogP contribution in [0.3, 0.4) is 0 Å². The first kappa shape index (κ1) is 21.5. The smallest absolute Gasteiger partial charge is 0.0732 e. The number of ether oxygens (including phenoxy) is 1. The first-order chi connectivity index (χ1) is 14.6. The highest BCUT2D eigenvalue weighted by Gasteiger charge is 2.26. The number of likely N-dealkylation sites (N-methyl/N-ethyl adjacent to an activating group) is 2. The Hall–Kier alpha value is -1.72. The summed E-state index contributed by atoms with van der Waals surface area (Å²) in [6, 6.07) is 19.0. The lowest BCUT2D eigenvalue weighted by atomic mass is 9.99. The van der Waals surface area contributed by atoms with Crippen molar-refractivity contribution in [1.29, 1.82) is 0 Å². The maximum atomic E-state index is 6.17. The molecule has 0 aromatic heterocycles. The Kier molecular flexibility index (Phi) is 7.21. The Bertz CT molecular complexity index is 781. The molecule has 4 heteroatoms. The normalized spacial score (nSPS) is 24.2. The third-order valence-electron chi connectivity index (χ3n) is 7.05. The zero-order chi connectivity index (χ0) is 20.9. The van der Waals surface area contributed by atoms with E-state index in [0.29, 0.717) is 24.8 Å². The molecule has 0 amide bonds. The van der Waals surface area contributed by atoms with Gasteiger partial charge in [-0.2, -0.15) is 0 Å². The van der Waals surface area contributed by atoms with Crippen molar-refractivity contribution in [2.75, 3.05) is 40.3 Å². The summed E-state index contributed by atoms with van der Waals surface area (Å²) in [6.45, 7) is 7.66. The number of benzene rings is 2. The molecule has 2 aliphatic rings. The summed E-state index contributed by atoms with van der Waals surface area (Å²) < 4.78 is 6.17. The van der Waals surface area contributed by atoms with E-state index in [4.69, 9.17) is 4.74 Å². The van der Waals surface area contributed by atoms with E-state index in [1.54, 1.807) is 0 Å². The van der Waals surface area contributed by atoms with Crippen molar-refractivity contribution >= 4 is 0 Å². The van der Waals surface area contributed by atoms with Gasteiger partial charge >= 0.3 is 0 Å². The van der Waals surface area contributed by atoms with Crippen molar-refractivity contribution in [1.82, 2.24) is 15.1 Å². The van der Waals surface area contributed by atoms with Crippen molar-refractivity contribution in [3.8, 4) is 11.1 Å². The number of rotatable bonds is 7. The highest BCUT2D eigenvalue weighted by atomic mass is 16.5. The molecule has 1 aliphatic heterocycles. The van der Waals surface area contributed by atoms with Crippen LogP contribution in [0.15, 0.2) is 48.5 Å². The lowest BCUT2D eigenvalue weighted by Gasteiger charge is -2.36. The fourth-order valence-electron chi connectivity index (χ4n) is 4.83. The third kappa shape index (κ3) is 5.12. The third-order valence-corrected chi connectivity index (χ3v) is 7.05. The van der Waals surface area contributed by atoms with Gasteiger partial charge in [-0.15, -0.1) is 0 Å². The second kappa shape index (κ2) is 10.1. The van der Waals surface area contributed by atoms with Crippen LogP contribution in [0.4, 0.5) is 0 Å². The van der Waals surface area contributed by atoms with Crippen LogP contribution in [-0.2, 0) is 11.3 Å². The number of piperazine rings is 1. The second-order valence-corrected chi connectivity index (χ2v) is 9.01. The number of nitrogens with one attached hydrogen (secondary N) is 1. The Balaban J connectivity index is 1.34. The van der Waals surface area contributed by atoms with Crippen molar-refractivity contribution < 1.29 is 4.74 Å². The van der Waals surface area contributed by atoms with Crippen LogP contribution in [0, 0.1) is 0 Å². The highest BCUT2D eigenvalue weighted by Crippen LogP contribution is 2.27. The molecule has 3 atom stereocenters. The number of hydrogen-bond donors (Lipinski definition) is 1. The van der Waals surface area contributed by atoms with Crippen LogP contribution in [0.25, 0.3) is 11.1 Å². The molecule has 0 spiro atoms. The zero-order valence-corrected chi connectivity index (χ0v) is 18.8. The van der Waals surface area contributed by atoms with Gasteiger partial charge in [0.2, 0.25) is 0 Å². The van der Waals surface area contributed by atoms with Crippen molar-refractivity contribution in [2.24, 2.45) is 0 Å². The van der Waals surface area contributed by atoms with Crippen LogP contribution in [0.1, 0.15) is 43.4 Å². The van der Waals surface area contributed by atoms with Gasteiger partial charge in [-0.3, -0.25) is 4.90 Å². The minimum absolute atomic E-state index is 0.351. The lowest BCUT2D eigenvalue weighted by molar-refractivity contribution is 0.0295. The monoisotopic (exact) mass is 407 g/mol. The molecule has 2 aromatic carbocycles. The van der Waals surface area contributed by atoms with Crippen molar-refractivity contribution in [3.63, 3.8) is 0 Å². The Labute approximate surface area is 182 Å². The largest absolute Gasteiger partial charge is 0.372 e. The molecular formula is C26H37N3O. The average molecular weight is 408 g/mol. The summed E-state index contributed by atoms with van der Waals surface area (Å²) in [5.41, 5.74) is 5.21. The van der Waals surface area contributed by atoms with E-state index < -0.39 is 0 Å². The first-order valence-corrected chi connectivity index (χ1v) is 11.5. The van der Waals surface area contributed by atoms with Gasteiger partial charge in [0.05, 0.1) is 12.7 Å². The van der Waals surface area contributed by atoms with Gasteiger partial charge in [-0.1, -0.05) is 48.5 Å². The Morgan fingerprint density at radius 2 is 1.57 bits per heavy atom. The van der Waals surface area contributed by atoms with Gasteiger partial charge < -0.3 is 15.0 Å².